The first-order valence-corrected chi connectivity index (χ1v) is 8.33. The fourth-order valence-electron chi connectivity index (χ4n) is 2.35. The van der Waals surface area contributed by atoms with Crippen molar-refractivity contribution in [2.24, 2.45) is 0 Å². The lowest BCUT2D eigenvalue weighted by Crippen LogP contribution is -2.24. The van der Waals surface area contributed by atoms with Gasteiger partial charge in [0.15, 0.2) is 5.69 Å². The average molecular weight is 326 g/mol. The highest BCUT2D eigenvalue weighted by Crippen LogP contribution is 2.40. The number of hydrogen-bond acceptors (Lipinski definition) is 6. The summed E-state index contributed by atoms with van der Waals surface area (Å²) in [6.07, 6.45) is 5.50. The van der Waals surface area contributed by atoms with E-state index in [0.717, 1.165) is 35.6 Å². The number of aromatic nitrogens is 3. The van der Waals surface area contributed by atoms with Gasteiger partial charge in [-0.1, -0.05) is 5.16 Å². The van der Waals surface area contributed by atoms with Gasteiger partial charge in [-0.05, 0) is 24.3 Å². The lowest BCUT2D eigenvalue weighted by atomic mass is 10.2. The van der Waals surface area contributed by atoms with Gasteiger partial charge in [-0.25, -0.2) is 0 Å². The Morgan fingerprint density at radius 2 is 2.22 bits per heavy atom. The molecule has 0 unspecified atom stereocenters. The molecule has 1 aliphatic rings. The zero-order valence-electron chi connectivity index (χ0n) is 12.2. The van der Waals surface area contributed by atoms with Crippen molar-refractivity contribution in [1.29, 1.82) is 0 Å². The molecule has 0 bridgehead atoms. The highest BCUT2D eigenvalue weighted by atomic mass is 32.1. The van der Waals surface area contributed by atoms with Crippen molar-refractivity contribution < 1.29 is 9.32 Å². The van der Waals surface area contributed by atoms with E-state index in [2.05, 4.69) is 20.4 Å². The monoisotopic (exact) mass is 326 g/mol. The minimum atomic E-state index is -0.262. The molecule has 0 saturated heterocycles. The number of carbonyl (C=O) groups excluding carboxylic acids is 1. The van der Waals surface area contributed by atoms with E-state index in [1.165, 1.54) is 0 Å². The Morgan fingerprint density at radius 1 is 1.35 bits per heavy atom. The molecule has 0 aromatic carbocycles. The lowest BCUT2D eigenvalue weighted by Gasteiger charge is -2.06. The normalized spacial score (nSPS) is 13.9. The molecule has 0 spiro atoms. The Balaban J connectivity index is 1.47. The largest absolute Gasteiger partial charge is 0.360 e. The molecule has 6 nitrogen and oxygen atoms in total. The quantitative estimate of drug-likeness (QED) is 0.779. The summed E-state index contributed by atoms with van der Waals surface area (Å²) >= 11 is 1.60. The maximum atomic E-state index is 12.2. The van der Waals surface area contributed by atoms with Gasteiger partial charge in [0.05, 0.1) is 17.9 Å². The number of amides is 1. The first kappa shape index (κ1) is 14.1. The van der Waals surface area contributed by atoms with Crippen LogP contribution in [0.5, 0.6) is 0 Å². The van der Waals surface area contributed by atoms with E-state index in [-0.39, 0.29) is 5.91 Å². The average Bonchev–Trinajstić information content (AvgIpc) is 3.10. The first-order chi connectivity index (χ1) is 11.3. The third kappa shape index (κ3) is 3.00. The van der Waals surface area contributed by atoms with Crippen molar-refractivity contribution in [3.05, 3.63) is 52.4 Å². The zero-order valence-corrected chi connectivity index (χ0v) is 13.0. The molecule has 7 heteroatoms. The molecule has 1 aliphatic carbocycles. The minimum Gasteiger partial charge on any atom is -0.360 e. The fourth-order valence-corrected chi connectivity index (χ4v) is 2.99. The van der Waals surface area contributed by atoms with Gasteiger partial charge in [-0.2, -0.15) is 11.3 Å². The van der Waals surface area contributed by atoms with Crippen LogP contribution < -0.4 is 5.32 Å². The van der Waals surface area contributed by atoms with Crippen molar-refractivity contribution in [1.82, 2.24) is 20.4 Å². The smallest absolute Gasteiger partial charge is 0.273 e. The molecule has 0 atom stereocenters. The predicted octanol–water partition coefficient (Wildman–Crippen LogP) is 3.00. The Morgan fingerprint density at radius 3 is 3.00 bits per heavy atom. The number of thiophene rings is 1. The van der Waals surface area contributed by atoms with Crippen molar-refractivity contribution in [2.45, 2.75) is 25.3 Å². The lowest BCUT2D eigenvalue weighted by molar-refractivity contribution is 0.0941. The first-order valence-electron chi connectivity index (χ1n) is 7.38. The van der Waals surface area contributed by atoms with Crippen molar-refractivity contribution in [3.8, 4) is 11.3 Å². The summed E-state index contributed by atoms with van der Waals surface area (Å²) in [6.45, 7) is 0.295. The SMILES string of the molecule is O=C(NCc1nccnc1-c1ccsc1)c1cc(C2CC2)on1. The van der Waals surface area contributed by atoms with Crippen molar-refractivity contribution >= 4 is 17.2 Å². The van der Waals surface area contributed by atoms with Gasteiger partial charge in [-0.3, -0.25) is 14.8 Å². The maximum absolute atomic E-state index is 12.2. The molecule has 3 aromatic rings. The summed E-state index contributed by atoms with van der Waals surface area (Å²) in [4.78, 5) is 20.9. The molecule has 23 heavy (non-hydrogen) atoms. The Labute approximate surface area is 136 Å². The number of carbonyl (C=O) groups is 1. The van der Waals surface area contributed by atoms with Gasteiger partial charge in [0.2, 0.25) is 0 Å². The van der Waals surface area contributed by atoms with Gasteiger partial charge >= 0.3 is 0 Å². The second kappa shape index (κ2) is 5.92. The second-order valence-electron chi connectivity index (χ2n) is 5.44. The van der Waals surface area contributed by atoms with E-state index in [1.807, 2.05) is 16.8 Å². The number of hydrogen-bond donors (Lipinski definition) is 1. The molecule has 0 radical (unpaired) electrons. The van der Waals surface area contributed by atoms with Gasteiger partial charge in [0, 0.05) is 35.3 Å². The highest BCUT2D eigenvalue weighted by Gasteiger charge is 2.28. The molecular formula is C16H14N4O2S. The van der Waals surface area contributed by atoms with Crippen LogP contribution in [0.1, 0.15) is 40.7 Å². The number of rotatable bonds is 5. The molecule has 3 aromatic heterocycles. The van der Waals surface area contributed by atoms with Crippen LogP contribution in [-0.4, -0.2) is 21.0 Å². The summed E-state index contributed by atoms with van der Waals surface area (Å²) in [5.74, 6) is 0.977. The third-order valence-corrected chi connectivity index (χ3v) is 4.41. The molecule has 4 rings (SSSR count). The zero-order chi connectivity index (χ0) is 15.6. The van der Waals surface area contributed by atoms with Gasteiger partial charge in [-0.15, -0.1) is 0 Å². The van der Waals surface area contributed by atoms with E-state index in [0.29, 0.717) is 18.2 Å². The van der Waals surface area contributed by atoms with E-state index in [1.54, 1.807) is 29.8 Å². The van der Waals surface area contributed by atoms with Crippen LogP contribution in [0.25, 0.3) is 11.3 Å². The maximum Gasteiger partial charge on any atom is 0.273 e. The third-order valence-electron chi connectivity index (χ3n) is 3.73. The van der Waals surface area contributed by atoms with Gasteiger partial charge in [0.1, 0.15) is 5.76 Å². The molecule has 0 aliphatic heterocycles. The predicted molar refractivity (Wildman–Crippen MR) is 85.0 cm³/mol. The van der Waals surface area contributed by atoms with Crippen LogP contribution >= 0.6 is 11.3 Å². The van der Waals surface area contributed by atoms with Crippen LogP contribution in [0.2, 0.25) is 0 Å². The van der Waals surface area contributed by atoms with Crippen molar-refractivity contribution in [2.75, 3.05) is 0 Å². The van der Waals surface area contributed by atoms with Crippen LogP contribution in [0.4, 0.5) is 0 Å². The Kier molecular flexibility index (Phi) is 3.63. The van der Waals surface area contributed by atoms with Crippen LogP contribution in [0.15, 0.2) is 39.8 Å². The summed E-state index contributed by atoms with van der Waals surface area (Å²) in [5.41, 5.74) is 2.83. The topological polar surface area (TPSA) is 80.9 Å². The van der Waals surface area contributed by atoms with E-state index in [4.69, 9.17) is 4.52 Å². The van der Waals surface area contributed by atoms with Gasteiger partial charge in [0.25, 0.3) is 5.91 Å². The van der Waals surface area contributed by atoms with E-state index >= 15 is 0 Å². The number of nitrogens with one attached hydrogen (secondary N) is 1. The van der Waals surface area contributed by atoms with Crippen LogP contribution in [0, 0.1) is 0 Å². The van der Waals surface area contributed by atoms with E-state index < -0.39 is 0 Å². The van der Waals surface area contributed by atoms with E-state index in [9.17, 15) is 4.79 Å². The highest BCUT2D eigenvalue weighted by molar-refractivity contribution is 7.08. The molecule has 1 saturated carbocycles. The molecular weight excluding hydrogens is 312 g/mol. The second-order valence-corrected chi connectivity index (χ2v) is 6.22. The molecule has 116 valence electrons. The molecule has 1 amide bonds. The Hall–Kier alpha value is -2.54. The van der Waals surface area contributed by atoms with Crippen LogP contribution in [-0.2, 0) is 6.54 Å². The van der Waals surface area contributed by atoms with Crippen molar-refractivity contribution in [3.63, 3.8) is 0 Å². The summed E-state index contributed by atoms with van der Waals surface area (Å²) in [6, 6.07) is 3.71. The minimum absolute atomic E-state index is 0.262. The summed E-state index contributed by atoms with van der Waals surface area (Å²) in [5, 5.41) is 10.7. The molecule has 1 N–H and O–H groups in total. The molecule has 3 heterocycles. The fraction of sp³-hybridized carbons (Fsp3) is 0.250. The summed E-state index contributed by atoms with van der Waals surface area (Å²) in [7, 11) is 0. The number of nitrogens with zero attached hydrogens (tertiary/aromatic N) is 3. The Bertz CT molecular complexity index is 824. The van der Waals surface area contributed by atoms with Gasteiger partial charge < -0.3 is 9.84 Å². The molecule has 1 fully saturated rings. The summed E-state index contributed by atoms with van der Waals surface area (Å²) < 4.78 is 5.21. The standard InChI is InChI=1S/C16H14N4O2S/c21-16(12-7-14(22-20-12)10-1-2-10)19-8-13-15(18-5-4-17-13)11-3-6-23-9-11/h3-7,9-10H,1-2,8H2,(H,19,21). The van der Waals surface area contributed by atoms with Crippen LogP contribution in [0.3, 0.4) is 0 Å².